The number of esters is 1. The molecule has 0 aliphatic carbocycles. The van der Waals surface area contributed by atoms with Gasteiger partial charge in [0.25, 0.3) is 5.91 Å². The first-order valence-electron chi connectivity index (χ1n) is 7.72. The fourth-order valence-corrected chi connectivity index (χ4v) is 2.18. The second-order valence-electron chi connectivity index (χ2n) is 5.23. The Balaban J connectivity index is 1.96. The summed E-state index contributed by atoms with van der Waals surface area (Å²) in [6.07, 6.45) is 0. The van der Waals surface area contributed by atoms with Gasteiger partial charge in [-0.1, -0.05) is 6.07 Å². The zero-order valence-electron chi connectivity index (χ0n) is 14.5. The molecular weight excluding hydrogens is 326 g/mol. The van der Waals surface area contributed by atoms with E-state index in [1.54, 1.807) is 44.4 Å². The Morgan fingerprint density at radius 3 is 2.68 bits per heavy atom. The van der Waals surface area contributed by atoms with E-state index in [9.17, 15) is 9.59 Å². The largest absolute Gasteiger partial charge is 0.491 e. The van der Waals surface area contributed by atoms with Gasteiger partial charge in [0, 0.05) is 12.7 Å². The van der Waals surface area contributed by atoms with Gasteiger partial charge in [-0.25, -0.2) is 4.79 Å². The van der Waals surface area contributed by atoms with Gasteiger partial charge in [0.15, 0.2) is 0 Å². The zero-order valence-corrected chi connectivity index (χ0v) is 14.5. The smallest absolute Gasteiger partial charge is 0.341 e. The van der Waals surface area contributed by atoms with E-state index in [1.807, 2.05) is 0 Å². The molecule has 0 radical (unpaired) electrons. The van der Waals surface area contributed by atoms with E-state index in [0.717, 1.165) is 0 Å². The van der Waals surface area contributed by atoms with Crippen molar-refractivity contribution in [3.05, 3.63) is 53.0 Å². The lowest BCUT2D eigenvalue weighted by molar-refractivity contribution is 0.0598. The van der Waals surface area contributed by atoms with E-state index in [1.165, 1.54) is 7.11 Å². The molecule has 0 saturated carbocycles. The van der Waals surface area contributed by atoms with Crippen molar-refractivity contribution in [2.75, 3.05) is 27.4 Å². The Kier molecular flexibility index (Phi) is 6.59. The monoisotopic (exact) mass is 347 g/mol. The Morgan fingerprint density at radius 1 is 1.16 bits per heavy atom. The fraction of sp³-hybridized carbons (Fsp3) is 0.333. The van der Waals surface area contributed by atoms with Crippen LogP contribution in [0.4, 0.5) is 0 Å². The summed E-state index contributed by atoms with van der Waals surface area (Å²) in [6, 6.07) is 8.41. The third-order valence-electron chi connectivity index (χ3n) is 3.45. The van der Waals surface area contributed by atoms with Crippen molar-refractivity contribution in [1.82, 2.24) is 5.32 Å². The van der Waals surface area contributed by atoms with Gasteiger partial charge in [0.1, 0.15) is 29.4 Å². The Hall–Kier alpha value is -2.80. The summed E-state index contributed by atoms with van der Waals surface area (Å²) in [5.41, 5.74) is 0.812. The predicted octanol–water partition coefficient (Wildman–Crippen LogP) is 2.33. The van der Waals surface area contributed by atoms with Crippen LogP contribution in [0, 0.1) is 6.92 Å². The Morgan fingerprint density at radius 2 is 1.96 bits per heavy atom. The Bertz CT molecular complexity index is 737. The third-order valence-corrected chi connectivity index (χ3v) is 3.45. The maximum absolute atomic E-state index is 12.3. The summed E-state index contributed by atoms with van der Waals surface area (Å²) in [7, 11) is 2.90. The van der Waals surface area contributed by atoms with E-state index in [-0.39, 0.29) is 12.5 Å². The summed E-state index contributed by atoms with van der Waals surface area (Å²) in [4.78, 5) is 23.8. The van der Waals surface area contributed by atoms with Crippen LogP contribution in [0.25, 0.3) is 0 Å². The lowest BCUT2D eigenvalue weighted by Crippen LogP contribution is -2.22. The summed E-state index contributed by atoms with van der Waals surface area (Å²) >= 11 is 0. The maximum Gasteiger partial charge on any atom is 0.341 e. The van der Waals surface area contributed by atoms with Crippen molar-refractivity contribution in [2.24, 2.45) is 0 Å². The number of furan rings is 1. The van der Waals surface area contributed by atoms with Gasteiger partial charge in [-0.05, 0) is 31.2 Å². The first-order chi connectivity index (χ1) is 12.0. The summed E-state index contributed by atoms with van der Waals surface area (Å²) in [5.74, 6) is 0.764. The average molecular weight is 347 g/mol. The topological polar surface area (TPSA) is 87.0 Å². The van der Waals surface area contributed by atoms with Crippen molar-refractivity contribution in [1.29, 1.82) is 0 Å². The number of aryl methyl sites for hydroxylation is 1. The molecule has 1 amide bonds. The van der Waals surface area contributed by atoms with E-state index in [0.29, 0.717) is 41.6 Å². The van der Waals surface area contributed by atoms with Gasteiger partial charge >= 0.3 is 5.97 Å². The van der Waals surface area contributed by atoms with Crippen LogP contribution in [0.1, 0.15) is 32.2 Å². The minimum Gasteiger partial charge on any atom is -0.491 e. The fourth-order valence-electron chi connectivity index (χ4n) is 2.18. The van der Waals surface area contributed by atoms with Crippen molar-refractivity contribution in [3.8, 4) is 5.75 Å². The first kappa shape index (κ1) is 18.5. The van der Waals surface area contributed by atoms with Crippen LogP contribution in [0.5, 0.6) is 5.75 Å². The number of hydrogen-bond donors (Lipinski definition) is 1. The van der Waals surface area contributed by atoms with Crippen LogP contribution < -0.4 is 10.1 Å². The molecule has 25 heavy (non-hydrogen) atoms. The molecular formula is C18H21NO6. The predicted molar refractivity (Wildman–Crippen MR) is 89.8 cm³/mol. The van der Waals surface area contributed by atoms with Gasteiger partial charge in [-0.15, -0.1) is 0 Å². The van der Waals surface area contributed by atoms with Crippen LogP contribution >= 0.6 is 0 Å². The number of methoxy groups -OCH3 is 2. The van der Waals surface area contributed by atoms with E-state index >= 15 is 0 Å². The molecule has 0 atom stereocenters. The lowest BCUT2D eigenvalue weighted by atomic mass is 10.2. The third kappa shape index (κ3) is 5.09. The molecule has 2 rings (SSSR count). The van der Waals surface area contributed by atoms with E-state index in [2.05, 4.69) is 10.1 Å². The number of benzene rings is 1. The molecule has 7 nitrogen and oxygen atoms in total. The molecule has 2 aromatic rings. The van der Waals surface area contributed by atoms with Gasteiger partial charge in [-0.2, -0.15) is 0 Å². The minimum atomic E-state index is -0.472. The van der Waals surface area contributed by atoms with Gasteiger partial charge < -0.3 is 23.9 Å². The molecule has 1 N–H and O–H groups in total. The van der Waals surface area contributed by atoms with Crippen molar-refractivity contribution < 1.29 is 28.2 Å². The number of carbonyl (C=O) groups is 2. The molecule has 1 aromatic heterocycles. The molecule has 0 aliphatic heterocycles. The molecule has 1 aromatic carbocycles. The van der Waals surface area contributed by atoms with Crippen molar-refractivity contribution in [2.45, 2.75) is 13.5 Å². The number of amides is 1. The van der Waals surface area contributed by atoms with E-state index in [4.69, 9.17) is 13.9 Å². The van der Waals surface area contributed by atoms with E-state index < -0.39 is 5.97 Å². The molecule has 7 heteroatoms. The number of ether oxygens (including phenoxy) is 3. The number of nitrogens with one attached hydrogen (secondary N) is 1. The number of hydrogen-bond acceptors (Lipinski definition) is 6. The van der Waals surface area contributed by atoms with Crippen LogP contribution in [0.3, 0.4) is 0 Å². The maximum atomic E-state index is 12.3. The average Bonchev–Trinajstić information content (AvgIpc) is 3.00. The van der Waals surface area contributed by atoms with Gasteiger partial charge in [0.05, 0.1) is 20.3 Å². The second-order valence-corrected chi connectivity index (χ2v) is 5.23. The highest BCUT2D eigenvalue weighted by Crippen LogP contribution is 2.16. The molecule has 0 bridgehead atoms. The van der Waals surface area contributed by atoms with Gasteiger partial charge in [-0.3, -0.25) is 4.79 Å². The standard InChI is InChI=1S/C18H21NO6/c1-12-16(18(21)23-3)10-15(25-12)11-19-17(20)13-5-4-6-14(9-13)24-8-7-22-2/h4-6,9-10H,7-8,11H2,1-3H3,(H,19,20). The van der Waals surface area contributed by atoms with Crippen molar-refractivity contribution in [3.63, 3.8) is 0 Å². The minimum absolute atomic E-state index is 0.158. The number of carbonyl (C=O) groups excluding carboxylic acids is 2. The summed E-state index contributed by atoms with van der Waals surface area (Å²) in [5, 5.41) is 2.74. The molecule has 1 heterocycles. The zero-order chi connectivity index (χ0) is 18.2. The van der Waals surface area contributed by atoms with Crippen LogP contribution in [0.2, 0.25) is 0 Å². The molecule has 0 aliphatic rings. The molecule has 0 unspecified atom stereocenters. The second kappa shape index (κ2) is 8.89. The SMILES string of the molecule is COCCOc1cccc(C(=O)NCc2cc(C(=O)OC)c(C)o2)c1. The highest BCUT2D eigenvalue weighted by Gasteiger charge is 2.16. The molecule has 0 fully saturated rings. The quantitative estimate of drug-likeness (QED) is 0.582. The molecule has 0 spiro atoms. The van der Waals surface area contributed by atoms with Gasteiger partial charge in [0.2, 0.25) is 0 Å². The van der Waals surface area contributed by atoms with Crippen molar-refractivity contribution >= 4 is 11.9 Å². The highest BCUT2D eigenvalue weighted by atomic mass is 16.5. The lowest BCUT2D eigenvalue weighted by Gasteiger charge is -2.08. The molecule has 134 valence electrons. The van der Waals surface area contributed by atoms with Crippen LogP contribution in [-0.2, 0) is 16.0 Å². The van der Waals surface area contributed by atoms with Crippen LogP contribution in [0.15, 0.2) is 34.7 Å². The molecule has 0 saturated heterocycles. The highest BCUT2D eigenvalue weighted by molar-refractivity contribution is 5.94. The van der Waals surface area contributed by atoms with Crippen LogP contribution in [-0.4, -0.2) is 39.3 Å². The Labute approximate surface area is 145 Å². The first-order valence-corrected chi connectivity index (χ1v) is 7.72. The summed E-state index contributed by atoms with van der Waals surface area (Å²) in [6.45, 7) is 2.70. The normalized spacial score (nSPS) is 10.4. The number of rotatable bonds is 8. The summed E-state index contributed by atoms with van der Waals surface area (Å²) < 4.78 is 20.5.